The van der Waals surface area contributed by atoms with E-state index in [4.69, 9.17) is 0 Å². The second kappa shape index (κ2) is 4.96. The van der Waals surface area contributed by atoms with Gasteiger partial charge in [0.1, 0.15) is 0 Å². The van der Waals surface area contributed by atoms with Gasteiger partial charge in [-0.05, 0) is 20.8 Å². The summed E-state index contributed by atoms with van der Waals surface area (Å²) in [6.45, 7) is 6.56. The first-order valence-electron chi connectivity index (χ1n) is 5.38. The minimum absolute atomic E-state index is 0.0559. The number of rotatable bonds is 2. The molecule has 1 saturated heterocycles. The molecule has 1 aliphatic rings. The largest absolute Gasteiger partial charge is 0.335 e. The Hall–Kier alpha value is -1.59. The van der Waals surface area contributed by atoms with Gasteiger partial charge in [0.15, 0.2) is 0 Å². The molecule has 16 heavy (non-hydrogen) atoms. The highest BCUT2D eigenvalue weighted by Crippen LogP contribution is 2.05. The average Bonchev–Trinajstić information content (AvgIpc) is 2.20. The summed E-state index contributed by atoms with van der Waals surface area (Å²) >= 11 is 0. The molecule has 1 rings (SSSR count). The van der Waals surface area contributed by atoms with Crippen molar-refractivity contribution in [2.24, 2.45) is 0 Å². The van der Waals surface area contributed by atoms with Gasteiger partial charge in [-0.15, -0.1) is 0 Å². The van der Waals surface area contributed by atoms with Crippen LogP contribution in [0.2, 0.25) is 0 Å². The van der Waals surface area contributed by atoms with Gasteiger partial charge in [-0.3, -0.25) is 14.5 Å². The minimum atomic E-state index is -0.744. The van der Waals surface area contributed by atoms with E-state index < -0.39 is 17.8 Å². The molecule has 1 heterocycles. The van der Waals surface area contributed by atoms with Gasteiger partial charge in [0.25, 0.3) is 0 Å². The molecule has 1 aliphatic heterocycles. The predicted octanol–water partition coefficient (Wildman–Crippen LogP) is -0.205. The monoisotopic (exact) mass is 227 g/mol. The highest BCUT2D eigenvalue weighted by molar-refractivity contribution is 6.38. The van der Waals surface area contributed by atoms with Gasteiger partial charge in [0.2, 0.25) is 0 Å². The lowest BCUT2D eigenvalue weighted by Crippen LogP contribution is -2.58. The third-order valence-corrected chi connectivity index (χ3v) is 2.35. The molecule has 0 saturated carbocycles. The minimum Gasteiger partial charge on any atom is -0.335 e. The Morgan fingerprint density at radius 1 is 1.31 bits per heavy atom. The summed E-state index contributed by atoms with van der Waals surface area (Å²) in [5.74, 6) is -1.35. The van der Waals surface area contributed by atoms with Gasteiger partial charge in [-0.2, -0.15) is 0 Å². The van der Waals surface area contributed by atoms with Crippen LogP contribution in [0.3, 0.4) is 0 Å². The second-order valence-electron chi connectivity index (χ2n) is 3.95. The summed E-state index contributed by atoms with van der Waals surface area (Å²) in [5, 5.41) is 2.59. The summed E-state index contributed by atoms with van der Waals surface area (Å²) in [4.78, 5) is 37.1. The van der Waals surface area contributed by atoms with E-state index in [-0.39, 0.29) is 12.6 Å². The molecule has 0 radical (unpaired) electrons. The quantitative estimate of drug-likeness (QED) is 0.664. The lowest BCUT2D eigenvalue weighted by molar-refractivity contribution is -0.153. The van der Waals surface area contributed by atoms with Crippen LogP contribution in [-0.4, -0.2) is 53.3 Å². The normalized spacial score (nSPS) is 17.0. The number of carbonyl (C=O) groups is 3. The number of carbonyl (C=O) groups excluding carboxylic acids is 3. The fourth-order valence-electron chi connectivity index (χ4n) is 1.49. The molecular weight excluding hydrogens is 210 g/mol. The van der Waals surface area contributed by atoms with Gasteiger partial charge in [0.05, 0.1) is 0 Å². The summed E-state index contributed by atoms with van der Waals surface area (Å²) in [6, 6.07) is -0.552. The number of imide groups is 1. The molecule has 1 fully saturated rings. The maximum Gasteiger partial charge on any atom is 0.324 e. The lowest BCUT2D eigenvalue weighted by atomic mass is 10.3. The molecule has 0 spiro atoms. The molecule has 90 valence electrons. The molecule has 4 amide bonds. The van der Waals surface area contributed by atoms with Gasteiger partial charge in [0, 0.05) is 25.7 Å². The van der Waals surface area contributed by atoms with Crippen LogP contribution in [0.1, 0.15) is 20.8 Å². The fraction of sp³-hybridized carbons (Fsp3) is 0.700. The predicted molar refractivity (Wildman–Crippen MR) is 57.6 cm³/mol. The maximum atomic E-state index is 11.6. The average molecular weight is 227 g/mol. The van der Waals surface area contributed by atoms with Crippen LogP contribution in [0.5, 0.6) is 0 Å². The lowest BCUT2D eigenvalue weighted by Gasteiger charge is -2.32. The van der Waals surface area contributed by atoms with Crippen molar-refractivity contribution < 1.29 is 14.4 Å². The number of hydrogen-bond acceptors (Lipinski definition) is 3. The molecule has 0 bridgehead atoms. The van der Waals surface area contributed by atoms with Gasteiger partial charge in [-0.25, -0.2) is 4.79 Å². The maximum absolute atomic E-state index is 11.6. The van der Waals surface area contributed by atoms with Crippen molar-refractivity contribution in [2.75, 3.05) is 19.6 Å². The molecule has 0 atom stereocenters. The Morgan fingerprint density at radius 3 is 2.44 bits per heavy atom. The van der Waals surface area contributed by atoms with Gasteiger partial charge >= 0.3 is 17.8 Å². The molecule has 0 aliphatic carbocycles. The van der Waals surface area contributed by atoms with E-state index in [0.29, 0.717) is 13.1 Å². The van der Waals surface area contributed by atoms with Crippen molar-refractivity contribution in [1.82, 2.24) is 15.1 Å². The molecule has 6 nitrogen and oxygen atoms in total. The van der Waals surface area contributed by atoms with Crippen molar-refractivity contribution in [2.45, 2.75) is 26.8 Å². The Balaban J connectivity index is 2.68. The first-order valence-corrected chi connectivity index (χ1v) is 5.38. The van der Waals surface area contributed by atoms with Gasteiger partial charge in [-0.1, -0.05) is 0 Å². The van der Waals surface area contributed by atoms with Gasteiger partial charge < -0.3 is 10.2 Å². The van der Waals surface area contributed by atoms with Crippen LogP contribution < -0.4 is 5.32 Å². The van der Waals surface area contributed by atoms with E-state index in [1.165, 1.54) is 4.90 Å². The van der Waals surface area contributed by atoms with Crippen molar-refractivity contribution in [1.29, 1.82) is 0 Å². The van der Waals surface area contributed by atoms with Crippen molar-refractivity contribution >= 4 is 17.8 Å². The van der Waals surface area contributed by atoms with E-state index >= 15 is 0 Å². The van der Waals surface area contributed by atoms with Crippen molar-refractivity contribution in [3.05, 3.63) is 0 Å². The first-order chi connectivity index (χ1) is 7.47. The number of nitrogens with one attached hydrogen (secondary N) is 1. The summed E-state index contributed by atoms with van der Waals surface area (Å²) in [6.07, 6.45) is 0. The number of piperazine rings is 1. The molecular formula is C10H17N3O3. The number of amides is 4. The fourth-order valence-corrected chi connectivity index (χ4v) is 1.49. The molecule has 0 aromatic carbocycles. The van der Waals surface area contributed by atoms with E-state index in [1.54, 1.807) is 20.8 Å². The molecule has 0 aromatic heterocycles. The van der Waals surface area contributed by atoms with E-state index in [0.717, 1.165) is 4.90 Å². The van der Waals surface area contributed by atoms with Crippen LogP contribution in [0.25, 0.3) is 0 Å². The van der Waals surface area contributed by atoms with Crippen molar-refractivity contribution in [3.8, 4) is 0 Å². The molecule has 1 N–H and O–H groups in total. The Labute approximate surface area is 94.6 Å². The van der Waals surface area contributed by atoms with Crippen LogP contribution in [0, 0.1) is 0 Å². The van der Waals surface area contributed by atoms with Crippen molar-refractivity contribution in [3.63, 3.8) is 0 Å². The molecule has 0 aromatic rings. The van der Waals surface area contributed by atoms with Crippen LogP contribution in [-0.2, 0) is 9.59 Å². The third kappa shape index (κ3) is 2.50. The van der Waals surface area contributed by atoms with Crippen LogP contribution >= 0.6 is 0 Å². The highest BCUT2D eigenvalue weighted by Gasteiger charge is 2.35. The summed E-state index contributed by atoms with van der Waals surface area (Å²) < 4.78 is 0. The smallest absolute Gasteiger partial charge is 0.324 e. The summed E-state index contributed by atoms with van der Waals surface area (Å²) in [5.41, 5.74) is 0. The van der Waals surface area contributed by atoms with Crippen LogP contribution in [0.4, 0.5) is 4.79 Å². The SMILES string of the molecule is CCN1CCN(C(=O)NC(C)C)C(=O)C1=O. The Bertz CT molecular complexity index is 314. The van der Waals surface area contributed by atoms with E-state index in [2.05, 4.69) is 5.32 Å². The molecule has 0 unspecified atom stereocenters. The third-order valence-electron chi connectivity index (χ3n) is 2.35. The number of urea groups is 1. The number of nitrogens with zero attached hydrogens (tertiary/aromatic N) is 2. The standard InChI is InChI=1S/C10H17N3O3/c1-4-12-5-6-13(9(15)8(12)14)10(16)11-7(2)3/h7H,4-6H2,1-3H3,(H,11,16). The first kappa shape index (κ1) is 12.5. The Morgan fingerprint density at radius 2 is 1.94 bits per heavy atom. The molecule has 6 heteroatoms. The highest BCUT2D eigenvalue weighted by atomic mass is 16.2. The number of likely N-dealkylation sites (N-methyl/N-ethyl adjacent to an activating group) is 1. The second-order valence-corrected chi connectivity index (χ2v) is 3.95. The van der Waals surface area contributed by atoms with E-state index in [1.807, 2.05) is 0 Å². The topological polar surface area (TPSA) is 69.7 Å². The summed E-state index contributed by atoms with van der Waals surface area (Å²) in [7, 11) is 0. The zero-order valence-corrected chi connectivity index (χ0v) is 9.82. The number of hydrogen-bond donors (Lipinski definition) is 1. The zero-order chi connectivity index (χ0) is 12.3. The van der Waals surface area contributed by atoms with E-state index in [9.17, 15) is 14.4 Å². The zero-order valence-electron chi connectivity index (χ0n) is 9.82. The van der Waals surface area contributed by atoms with Crippen LogP contribution in [0.15, 0.2) is 0 Å². The Kier molecular flexibility index (Phi) is 3.87.